The SMILES string of the molecule is CCNCc1cc(Cl)ccc1Sc1nc(C)co1. The van der Waals surface area contributed by atoms with Crippen LogP contribution in [0.1, 0.15) is 18.2 Å². The lowest BCUT2D eigenvalue weighted by molar-refractivity contribution is 0.454. The maximum Gasteiger partial charge on any atom is 0.260 e. The van der Waals surface area contributed by atoms with E-state index in [9.17, 15) is 0 Å². The summed E-state index contributed by atoms with van der Waals surface area (Å²) in [7, 11) is 0. The normalized spacial score (nSPS) is 10.8. The van der Waals surface area contributed by atoms with Gasteiger partial charge in [-0.05, 0) is 49.0 Å². The lowest BCUT2D eigenvalue weighted by Crippen LogP contribution is -2.12. The number of aryl methyl sites for hydroxylation is 1. The van der Waals surface area contributed by atoms with Gasteiger partial charge in [0.25, 0.3) is 5.22 Å². The van der Waals surface area contributed by atoms with Gasteiger partial charge in [0.2, 0.25) is 0 Å². The third-order valence-corrected chi connectivity index (χ3v) is 3.60. The molecule has 1 aromatic heterocycles. The molecule has 1 N–H and O–H groups in total. The molecule has 0 aliphatic carbocycles. The Kier molecular flexibility index (Phi) is 4.69. The highest BCUT2D eigenvalue weighted by Crippen LogP contribution is 2.31. The molecule has 2 rings (SSSR count). The predicted molar refractivity (Wildman–Crippen MR) is 74.2 cm³/mol. The number of aromatic nitrogens is 1. The third kappa shape index (κ3) is 3.51. The molecule has 0 amide bonds. The van der Waals surface area contributed by atoms with E-state index in [1.807, 2.05) is 25.1 Å². The molecule has 0 bridgehead atoms. The summed E-state index contributed by atoms with van der Waals surface area (Å²) in [5.41, 5.74) is 2.05. The van der Waals surface area contributed by atoms with Crippen molar-refractivity contribution >= 4 is 23.4 Å². The first kappa shape index (κ1) is 13.5. The molecule has 1 heterocycles. The zero-order valence-electron chi connectivity index (χ0n) is 10.4. The van der Waals surface area contributed by atoms with Gasteiger partial charge in [0, 0.05) is 16.5 Å². The predicted octanol–water partition coefficient (Wildman–Crippen LogP) is 3.90. The topological polar surface area (TPSA) is 38.1 Å². The van der Waals surface area contributed by atoms with Crippen LogP contribution in [0.25, 0.3) is 0 Å². The fraction of sp³-hybridized carbons (Fsp3) is 0.308. The van der Waals surface area contributed by atoms with Gasteiger partial charge in [-0.15, -0.1) is 0 Å². The molecule has 0 atom stereocenters. The molecule has 0 saturated carbocycles. The third-order valence-electron chi connectivity index (χ3n) is 2.38. The number of nitrogens with zero attached hydrogens (tertiary/aromatic N) is 1. The molecule has 1 aromatic carbocycles. The van der Waals surface area contributed by atoms with Crippen LogP contribution in [0.15, 0.2) is 39.0 Å². The number of hydrogen-bond donors (Lipinski definition) is 1. The number of rotatable bonds is 5. The fourth-order valence-corrected chi connectivity index (χ4v) is 2.59. The number of nitrogens with one attached hydrogen (secondary N) is 1. The lowest BCUT2D eigenvalue weighted by atomic mass is 10.2. The van der Waals surface area contributed by atoms with Crippen LogP contribution in [0.3, 0.4) is 0 Å². The first-order valence-corrected chi connectivity index (χ1v) is 6.97. The van der Waals surface area contributed by atoms with E-state index in [1.54, 1.807) is 6.26 Å². The molecule has 3 nitrogen and oxygen atoms in total. The van der Waals surface area contributed by atoms with Gasteiger partial charge in [0.15, 0.2) is 0 Å². The second-order valence-electron chi connectivity index (χ2n) is 3.89. The van der Waals surface area contributed by atoms with Crippen LogP contribution in [0.5, 0.6) is 0 Å². The molecule has 0 radical (unpaired) electrons. The van der Waals surface area contributed by atoms with Crippen molar-refractivity contribution in [1.82, 2.24) is 10.3 Å². The minimum atomic E-state index is 0.660. The van der Waals surface area contributed by atoms with E-state index in [0.29, 0.717) is 5.22 Å². The molecule has 0 saturated heterocycles. The maximum atomic E-state index is 6.03. The lowest BCUT2D eigenvalue weighted by Gasteiger charge is -2.08. The summed E-state index contributed by atoms with van der Waals surface area (Å²) in [6, 6.07) is 5.86. The molecule has 0 aliphatic heterocycles. The van der Waals surface area contributed by atoms with Crippen molar-refractivity contribution in [3.63, 3.8) is 0 Å². The summed E-state index contributed by atoms with van der Waals surface area (Å²) in [5, 5.41) is 4.71. The summed E-state index contributed by atoms with van der Waals surface area (Å²) in [6.07, 6.45) is 1.65. The van der Waals surface area contributed by atoms with Crippen molar-refractivity contribution in [2.45, 2.75) is 30.5 Å². The molecule has 0 fully saturated rings. The van der Waals surface area contributed by atoms with Crippen LogP contribution in [-0.4, -0.2) is 11.5 Å². The van der Waals surface area contributed by atoms with E-state index in [0.717, 1.165) is 34.3 Å². The summed E-state index contributed by atoms with van der Waals surface area (Å²) >= 11 is 7.54. The average Bonchev–Trinajstić information content (AvgIpc) is 2.75. The number of benzene rings is 1. The van der Waals surface area contributed by atoms with E-state index in [4.69, 9.17) is 16.0 Å². The van der Waals surface area contributed by atoms with Crippen molar-refractivity contribution in [2.24, 2.45) is 0 Å². The Balaban J connectivity index is 2.20. The van der Waals surface area contributed by atoms with E-state index < -0.39 is 0 Å². The van der Waals surface area contributed by atoms with Crippen molar-refractivity contribution in [2.75, 3.05) is 6.54 Å². The molecule has 18 heavy (non-hydrogen) atoms. The average molecular weight is 283 g/mol. The monoisotopic (exact) mass is 282 g/mol. The second-order valence-corrected chi connectivity index (χ2v) is 5.32. The highest BCUT2D eigenvalue weighted by Gasteiger charge is 2.09. The first-order valence-electron chi connectivity index (χ1n) is 5.78. The van der Waals surface area contributed by atoms with Crippen LogP contribution < -0.4 is 5.32 Å². The Hall–Kier alpha value is -0.970. The Morgan fingerprint density at radius 3 is 2.94 bits per heavy atom. The zero-order valence-corrected chi connectivity index (χ0v) is 11.9. The molecule has 5 heteroatoms. The van der Waals surface area contributed by atoms with Gasteiger partial charge < -0.3 is 9.73 Å². The number of oxazole rings is 1. The Labute approximate surface area is 116 Å². The fourth-order valence-electron chi connectivity index (χ4n) is 1.52. The molecule has 96 valence electrons. The Bertz CT molecular complexity index is 527. The summed E-state index contributed by atoms with van der Waals surface area (Å²) in [4.78, 5) is 5.41. The Morgan fingerprint density at radius 2 is 2.28 bits per heavy atom. The van der Waals surface area contributed by atoms with Gasteiger partial charge in [-0.2, -0.15) is 0 Å². The molecular formula is C13H15ClN2OS. The zero-order chi connectivity index (χ0) is 13.0. The van der Waals surface area contributed by atoms with Gasteiger partial charge in [-0.3, -0.25) is 0 Å². The van der Waals surface area contributed by atoms with Crippen molar-refractivity contribution < 1.29 is 4.42 Å². The number of halogens is 1. The van der Waals surface area contributed by atoms with Crippen molar-refractivity contribution in [3.05, 3.63) is 40.7 Å². The molecule has 0 unspecified atom stereocenters. The standard InChI is InChI=1S/C13H15ClN2OS/c1-3-15-7-10-6-11(14)4-5-12(10)18-13-16-9(2)8-17-13/h4-6,8,15H,3,7H2,1-2H3. The molecular weight excluding hydrogens is 268 g/mol. The van der Waals surface area contributed by atoms with Crippen LogP contribution in [0.4, 0.5) is 0 Å². The van der Waals surface area contributed by atoms with Crippen molar-refractivity contribution in [3.8, 4) is 0 Å². The van der Waals surface area contributed by atoms with Crippen molar-refractivity contribution in [1.29, 1.82) is 0 Å². The van der Waals surface area contributed by atoms with E-state index >= 15 is 0 Å². The minimum Gasteiger partial charge on any atom is -0.439 e. The van der Waals surface area contributed by atoms with Crippen LogP contribution >= 0.6 is 23.4 Å². The molecule has 2 aromatic rings. The van der Waals surface area contributed by atoms with Gasteiger partial charge in [0.1, 0.15) is 6.26 Å². The summed E-state index contributed by atoms with van der Waals surface area (Å²) in [6.45, 7) is 5.71. The highest BCUT2D eigenvalue weighted by atomic mass is 35.5. The van der Waals surface area contributed by atoms with Gasteiger partial charge in [-0.25, -0.2) is 4.98 Å². The first-order chi connectivity index (χ1) is 8.69. The smallest absolute Gasteiger partial charge is 0.260 e. The van der Waals surface area contributed by atoms with Crippen LogP contribution in [0, 0.1) is 6.92 Å². The molecule has 0 aliphatic rings. The summed E-state index contributed by atoms with van der Waals surface area (Å²) in [5.74, 6) is 0. The molecule has 0 spiro atoms. The minimum absolute atomic E-state index is 0.660. The van der Waals surface area contributed by atoms with Crippen LogP contribution in [0.2, 0.25) is 5.02 Å². The number of hydrogen-bond acceptors (Lipinski definition) is 4. The van der Waals surface area contributed by atoms with Crippen LogP contribution in [-0.2, 0) is 6.54 Å². The quantitative estimate of drug-likeness (QED) is 0.903. The highest BCUT2D eigenvalue weighted by molar-refractivity contribution is 7.99. The van der Waals surface area contributed by atoms with E-state index in [1.165, 1.54) is 11.8 Å². The second kappa shape index (κ2) is 6.27. The van der Waals surface area contributed by atoms with Gasteiger partial charge in [-0.1, -0.05) is 18.5 Å². The Morgan fingerprint density at radius 1 is 1.44 bits per heavy atom. The van der Waals surface area contributed by atoms with E-state index in [-0.39, 0.29) is 0 Å². The van der Waals surface area contributed by atoms with Gasteiger partial charge >= 0.3 is 0 Å². The largest absolute Gasteiger partial charge is 0.439 e. The van der Waals surface area contributed by atoms with Gasteiger partial charge in [0.05, 0.1) is 5.69 Å². The summed E-state index contributed by atoms with van der Waals surface area (Å²) < 4.78 is 5.36. The maximum absolute atomic E-state index is 6.03. The van der Waals surface area contributed by atoms with E-state index in [2.05, 4.69) is 17.2 Å².